The lowest BCUT2D eigenvalue weighted by Crippen LogP contribution is -2.23. The van der Waals surface area contributed by atoms with E-state index in [4.69, 9.17) is 0 Å². The molecule has 1 heterocycles. The maximum atomic E-state index is 12.0. The number of nitrogens with one attached hydrogen (secondary N) is 2. The number of sulfonamides is 1. The Kier molecular flexibility index (Phi) is 6.37. The predicted octanol–water partition coefficient (Wildman–Crippen LogP) is 2.56. The number of rotatable bonds is 9. The van der Waals surface area contributed by atoms with Gasteiger partial charge in [0.2, 0.25) is 10.0 Å². The molecule has 0 radical (unpaired) electrons. The van der Waals surface area contributed by atoms with Gasteiger partial charge in [0.15, 0.2) is 5.00 Å². The van der Waals surface area contributed by atoms with Crippen LogP contribution in [0.15, 0.2) is 10.3 Å². The number of unbranched alkanes of at least 4 members (excludes halogenated alkanes) is 3. The van der Waals surface area contributed by atoms with Crippen molar-refractivity contribution in [1.82, 2.24) is 4.72 Å². The Hall–Kier alpha value is -1.19. The maximum absolute atomic E-state index is 12.0. The number of nitro groups is 1. The lowest BCUT2D eigenvalue weighted by molar-refractivity contribution is -0.383. The summed E-state index contributed by atoms with van der Waals surface area (Å²) in [6.45, 7) is 2.43. The Morgan fingerprint density at radius 2 is 2.05 bits per heavy atom. The highest BCUT2D eigenvalue weighted by atomic mass is 32.2. The van der Waals surface area contributed by atoms with Crippen LogP contribution in [0.25, 0.3) is 0 Å². The van der Waals surface area contributed by atoms with Gasteiger partial charge in [-0.2, -0.15) is 0 Å². The van der Waals surface area contributed by atoms with Crippen LogP contribution in [0, 0.1) is 10.1 Å². The van der Waals surface area contributed by atoms with Gasteiger partial charge in [0, 0.05) is 19.7 Å². The molecule has 0 saturated heterocycles. The minimum atomic E-state index is -3.67. The van der Waals surface area contributed by atoms with Crippen molar-refractivity contribution >= 4 is 32.0 Å². The van der Waals surface area contributed by atoms with Gasteiger partial charge in [-0.3, -0.25) is 10.1 Å². The summed E-state index contributed by atoms with van der Waals surface area (Å²) in [5.41, 5.74) is -0.219. The number of hydrogen-bond donors (Lipinski definition) is 2. The van der Waals surface area contributed by atoms with Crippen LogP contribution in [0.2, 0.25) is 0 Å². The van der Waals surface area contributed by atoms with E-state index in [0.29, 0.717) is 6.54 Å². The topological polar surface area (TPSA) is 101 Å². The monoisotopic (exact) mass is 321 g/mol. The molecule has 1 aromatic rings. The summed E-state index contributed by atoms with van der Waals surface area (Å²) in [5, 5.41) is 13.7. The summed E-state index contributed by atoms with van der Waals surface area (Å²) in [7, 11) is -2.15. The van der Waals surface area contributed by atoms with Crippen molar-refractivity contribution in [3.63, 3.8) is 0 Å². The van der Waals surface area contributed by atoms with Crippen LogP contribution in [-0.4, -0.2) is 26.9 Å². The Labute approximate surface area is 122 Å². The van der Waals surface area contributed by atoms with Crippen molar-refractivity contribution in [3.8, 4) is 0 Å². The van der Waals surface area contributed by atoms with Crippen molar-refractivity contribution in [3.05, 3.63) is 16.2 Å². The minimum Gasteiger partial charge on any atom is -0.374 e. The average molecular weight is 321 g/mol. The van der Waals surface area contributed by atoms with Gasteiger partial charge in [-0.05, 0) is 6.42 Å². The lowest BCUT2D eigenvalue weighted by atomic mass is 10.2. The molecular weight excluding hydrogens is 302 g/mol. The van der Waals surface area contributed by atoms with E-state index < -0.39 is 14.9 Å². The highest BCUT2D eigenvalue weighted by molar-refractivity contribution is 7.91. The zero-order chi connectivity index (χ0) is 15.2. The van der Waals surface area contributed by atoms with Gasteiger partial charge in [-0.15, -0.1) is 0 Å². The number of thiophene rings is 1. The molecule has 0 spiro atoms. The van der Waals surface area contributed by atoms with Crippen molar-refractivity contribution < 1.29 is 13.3 Å². The predicted molar refractivity (Wildman–Crippen MR) is 79.9 cm³/mol. The van der Waals surface area contributed by atoms with Crippen LogP contribution < -0.4 is 10.0 Å². The van der Waals surface area contributed by atoms with Gasteiger partial charge >= 0.3 is 5.69 Å². The van der Waals surface area contributed by atoms with Gasteiger partial charge in [0.05, 0.1) is 4.92 Å². The lowest BCUT2D eigenvalue weighted by Gasteiger charge is -2.03. The van der Waals surface area contributed by atoms with Gasteiger partial charge in [0.25, 0.3) is 0 Å². The first-order chi connectivity index (χ1) is 9.42. The third-order valence-electron chi connectivity index (χ3n) is 2.70. The Bertz CT molecular complexity index is 554. The van der Waals surface area contributed by atoms with E-state index in [2.05, 4.69) is 17.0 Å². The second kappa shape index (κ2) is 7.55. The van der Waals surface area contributed by atoms with Crippen LogP contribution in [0.1, 0.15) is 32.6 Å². The smallest absolute Gasteiger partial charge is 0.304 e. The van der Waals surface area contributed by atoms with Crippen molar-refractivity contribution in [1.29, 1.82) is 0 Å². The third-order valence-corrected chi connectivity index (χ3v) is 5.78. The Morgan fingerprint density at radius 1 is 1.35 bits per heavy atom. The molecule has 7 nitrogen and oxygen atoms in total. The van der Waals surface area contributed by atoms with E-state index in [1.807, 2.05) is 0 Å². The van der Waals surface area contributed by atoms with Crippen molar-refractivity contribution in [2.45, 2.75) is 36.8 Å². The van der Waals surface area contributed by atoms with Gasteiger partial charge in [-0.25, -0.2) is 13.1 Å². The van der Waals surface area contributed by atoms with E-state index in [1.165, 1.54) is 7.05 Å². The van der Waals surface area contributed by atoms with Crippen LogP contribution in [0.3, 0.4) is 0 Å². The molecular formula is C11H19N3O4S2. The minimum absolute atomic E-state index is 0.0379. The first-order valence-electron chi connectivity index (χ1n) is 6.38. The average Bonchev–Trinajstić information content (AvgIpc) is 2.83. The molecule has 20 heavy (non-hydrogen) atoms. The molecule has 0 fully saturated rings. The van der Waals surface area contributed by atoms with Gasteiger partial charge in [-0.1, -0.05) is 37.5 Å². The molecule has 9 heteroatoms. The summed E-state index contributed by atoms with van der Waals surface area (Å²) in [6, 6.07) is 1.09. The molecule has 0 aliphatic carbocycles. The van der Waals surface area contributed by atoms with E-state index in [9.17, 15) is 18.5 Å². The highest BCUT2D eigenvalue weighted by Crippen LogP contribution is 2.36. The molecule has 0 bridgehead atoms. The Morgan fingerprint density at radius 3 is 2.55 bits per heavy atom. The van der Waals surface area contributed by atoms with Crippen LogP contribution in [0.4, 0.5) is 10.7 Å². The quantitative estimate of drug-likeness (QED) is 0.413. The van der Waals surface area contributed by atoms with Crippen LogP contribution in [-0.2, 0) is 10.0 Å². The largest absolute Gasteiger partial charge is 0.374 e. The standard InChI is InChI=1S/C11H19N3O4S2/c1-3-4-5-6-7-13-20(17,18)10-8-9(14(15)16)11(12-2)19-10/h8,12-13H,3-7H2,1-2H3. The number of nitrogens with zero attached hydrogens (tertiary/aromatic N) is 1. The molecule has 1 aromatic heterocycles. The van der Waals surface area contributed by atoms with Gasteiger partial charge < -0.3 is 5.32 Å². The highest BCUT2D eigenvalue weighted by Gasteiger charge is 2.25. The van der Waals surface area contributed by atoms with Crippen LogP contribution in [0.5, 0.6) is 0 Å². The summed E-state index contributed by atoms with van der Waals surface area (Å²) in [6.07, 6.45) is 3.87. The molecule has 0 aliphatic heterocycles. The molecule has 0 aliphatic rings. The Balaban J connectivity index is 2.75. The van der Waals surface area contributed by atoms with E-state index in [0.717, 1.165) is 43.1 Å². The van der Waals surface area contributed by atoms with Crippen molar-refractivity contribution in [2.24, 2.45) is 0 Å². The molecule has 2 N–H and O–H groups in total. The molecule has 0 atom stereocenters. The second-order valence-corrected chi connectivity index (χ2v) is 7.29. The van der Waals surface area contributed by atoms with Crippen molar-refractivity contribution in [2.75, 3.05) is 18.9 Å². The zero-order valence-electron chi connectivity index (χ0n) is 11.5. The van der Waals surface area contributed by atoms with Gasteiger partial charge in [0.1, 0.15) is 4.21 Å². The van der Waals surface area contributed by atoms with Crippen LogP contribution >= 0.6 is 11.3 Å². The van der Waals surface area contributed by atoms with E-state index in [1.54, 1.807) is 0 Å². The molecule has 1 rings (SSSR count). The SMILES string of the molecule is CCCCCCNS(=O)(=O)c1cc([N+](=O)[O-])c(NC)s1. The summed E-state index contributed by atoms with van der Waals surface area (Å²) < 4.78 is 26.5. The molecule has 0 aromatic carbocycles. The molecule has 0 amide bonds. The summed E-state index contributed by atoms with van der Waals surface area (Å²) in [4.78, 5) is 10.2. The fourth-order valence-electron chi connectivity index (χ4n) is 1.64. The fraction of sp³-hybridized carbons (Fsp3) is 0.636. The fourth-order valence-corrected chi connectivity index (χ4v) is 4.04. The normalized spacial score (nSPS) is 11.5. The third kappa shape index (κ3) is 4.43. The maximum Gasteiger partial charge on any atom is 0.304 e. The zero-order valence-corrected chi connectivity index (χ0v) is 13.1. The molecule has 0 unspecified atom stereocenters. The summed E-state index contributed by atoms with van der Waals surface area (Å²) >= 11 is 0.860. The first-order valence-corrected chi connectivity index (χ1v) is 8.68. The summed E-state index contributed by atoms with van der Waals surface area (Å²) in [5.74, 6) is 0. The number of anilines is 1. The van der Waals surface area contributed by atoms with E-state index >= 15 is 0 Å². The second-order valence-electron chi connectivity index (χ2n) is 4.25. The number of hydrogen-bond acceptors (Lipinski definition) is 6. The molecule has 114 valence electrons. The first kappa shape index (κ1) is 16.9. The van der Waals surface area contributed by atoms with E-state index in [-0.39, 0.29) is 14.9 Å². The molecule has 0 saturated carbocycles.